The topological polar surface area (TPSA) is 20.3 Å². The molecule has 0 atom stereocenters. The molecule has 0 spiro atoms. The molecule has 1 heterocycles. The van der Waals surface area contributed by atoms with Gasteiger partial charge in [-0.05, 0) is 16.7 Å². The second-order valence-electron chi connectivity index (χ2n) is 5.11. The summed E-state index contributed by atoms with van der Waals surface area (Å²) < 4.78 is 0. The van der Waals surface area contributed by atoms with E-state index in [2.05, 4.69) is 30.8 Å². The summed E-state index contributed by atoms with van der Waals surface area (Å²) in [5.74, 6) is 0.0441. The summed E-state index contributed by atoms with van der Waals surface area (Å²) in [6, 6.07) is 20.2. The molecule has 2 aromatic rings. The first-order valence-electron chi connectivity index (χ1n) is 7.03. The Hall–Kier alpha value is -2.61. The van der Waals surface area contributed by atoms with E-state index in [0.717, 1.165) is 16.7 Å². The fourth-order valence-corrected chi connectivity index (χ4v) is 2.73. The van der Waals surface area contributed by atoms with E-state index in [9.17, 15) is 4.79 Å². The second-order valence-corrected chi connectivity index (χ2v) is 5.11. The first kappa shape index (κ1) is 13.4. The van der Waals surface area contributed by atoms with Crippen LogP contribution >= 0.6 is 0 Å². The van der Waals surface area contributed by atoms with E-state index in [4.69, 9.17) is 0 Å². The fraction of sp³-hybridized carbons (Fsp3) is 0.105. The molecule has 0 N–H and O–H groups in total. The zero-order valence-electron chi connectivity index (χ0n) is 11.8. The first-order chi connectivity index (χ1) is 10.3. The predicted molar refractivity (Wildman–Crippen MR) is 84.7 cm³/mol. The van der Waals surface area contributed by atoms with E-state index < -0.39 is 0 Å². The van der Waals surface area contributed by atoms with Gasteiger partial charge >= 0.3 is 0 Å². The summed E-state index contributed by atoms with van der Waals surface area (Å²) >= 11 is 0. The van der Waals surface area contributed by atoms with E-state index in [0.29, 0.717) is 6.54 Å². The summed E-state index contributed by atoms with van der Waals surface area (Å²) in [5, 5.41) is 0. The van der Waals surface area contributed by atoms with E-state index in [1.165, 1.54) is 0 Å². The van der Waals surface area contributed by atoms with Crippen LogP contribution in [-0.2, 0) is 4.79 Å². The molecule has 2 aromatic carbocycles. The van der Waals surface area contributed by atoms with Crippen LogP contribution in [0, 0.1) is 0 Å². The van der Waals surface area contributed by atoms with Crippen LogP contribution in [0.5, 0.6) is 0 Å². The maximum absolute atomic E-state index is 12.3. The van der Waals surface area contributed by atoms with Gasteiger partial charge in [0.25, 0.3) is 0 Å². The minimum atomic E-state index is -0.0615. The van der Waals surface area contributed by atoms with Crippen LogP contribution in [0.15, 0.2) is 85.0 Å². The molecule has 0 aromatic heterocycles. The van der Waals surface area contributed by atoms with Crippen molar-refractivity contribution in [2.45, 2.75) is 6.04 Å². The summed E-state index contributed by atoms with van der Waals surface area (Å²) in [6.45, 7) is 4.38. The maximum Gasteiger partial charge on any atom is 0.247 e. The van der Waals surface area contributed by atoms with Gasteiger partial charge in [0.05, 0.1) is 6.04 Å². The molecule has 21 heavy (non-hydrogen) atoms. The van der Waals surface area contributed by atoms with Crippen LogP contribution in [0.25, 0.3) is 0 Å². The van der Waals surface area contributed by atoms with Crippen molar-refractivity contribution in [1.82, 2.24) is 4.90 Å². The molecule has 2 heteroatoms. The van der Waals surface area contributed by atoms with Gasteiger partial charge in [0.15, 0.2) is 0 Å². The standard InChI is InChI=1S/C19H17NO/c1-2-15-13-18(21)20(14-15)19(16-9-5-3-6-10-16)17-11-7-4-8-12-17/h2-13,19H,1,14H2. The lowest BCUT2D eigenvalue weighted by Gasteiger charge is -2.29. The van der Waals surface area contributed by atoms with Crippen molar-refractivity contribution in [3.8, 4) is 0 Å². The largest absolute Gasteiger partial charge is 0.324 e. The lowest BCUT2D eigenvalue weighted by atomic mass is 9.97. The molecule has 0 radical (unpaired) electrons. The molecule has 0 saturated heterocycles. The SMILES string of the molecule is C=CC1=CC(=O)N(C(c2ccccc2)c2ccccc2)C1. The number of nitrogens with zero attached hydrogens (tertiary/aromatic N) is 1. The number of carbonyl (C=O) groups excluding carboxylic acids is 1. The molecule has 3 rings (SSSR count). The van der Waals surface area contributed by atoms with Crippen LogP contribution in [0.2, 0.25) is 0 Å². The Labute approximate surface area is 125 Å². The van der Waals surface area contributed by atoms with Crippen LogP contribution in [-0.4, -0.2) is 17.4 Å². The average molecular weight is 275 g/mol. The third-order valence-electron chi connectivity index (χ3n) is 3.75. The van der Waals surface area contributed by atoms with Gasteiger partial charge < -0.3 is 4.90 Å². The van der Waals surface area contributed by atoms with Gasteiger partial charge in [0.2, 0.25) is 5.91 Å². The van der Waals surface area contributed by atoms with Crippen LogP contribution in [0.3, 0.4) is 0 Å². The molecule has 0 fully saturated rings. The van der Waals surface area contributed by atoms with Gasteiger partial charge in [-0.25, -0.2) is 0 Å². The number of rotatable bonds is 4. The minimum absolute atomic E-state index is 0.0441. The maximum atomic E-state index is 12.3. The Bertz CT molecular complexity index is 634. The highest BCUT2D eigenvalue weighted by Crippen LogP contribution is 2.31. The van der Waals surface area contributed by atoms with Gasteiger partial charge in [-0.15, -0.1) is 0 Å². The normalized spacial score (nSPS) is 14.4. The molecule has 1 aliphatic rings. The van der Waals surface area contributed by atoms with Crippen molar-refractivity contribution in [3.63, 3.8) is 0 Å². The minimum Gasteiger partial charge on any atom is -0.324 e. The van der Waals surface area contributed by atoms with Gasteiger partial charge in [-0.2, -0.15) is 0 Å². The third kappa shape index (κ3) is 2.65. The number of hydrogen-bond acceptors (Lipinski definition) is 1. The Morgan fingerprint density at radius 2 is 1.48 bits per heavy atom. The quantitative estimate of drug-likeness (QED) is 0.832. The lowest BCUT2D eigenvalue weighted by Crippen LogP contribution is -2.31. The molecule has 1 amide bonds. The van der Waals surface area contributed by atoms with Crippen molar-refractivity contribution in [1.29, 1.82) is 0 Å². The Kier molecular flexibility index (Phi) is 3.69. The molecule has 0 saturated carbocycles. The zero-order chi connectivity index (χ0) is 14.7. The summed E-state index contributed by atoms with van der Waals surface area (Å²) in [6.07, 6.45) is 3.43. The molecule has 104 valence electrons. The highest BCUT2D eigenvalue weighted by molar-refractivity contribution is 5.92. The van der Waals surface area contributed by atoms with Gasteiger partial charge in [-0.3, -0.25) is 4.79 Å². The van der Waals surface area contributed by atoms with Crippen molar-refractivity contribution >= 4 is 5.91 Å². The molecule has 1 aliphatic heterocycles. The fourth-order valence-electron chi connectivity index (χ4n) is 2.73. The number of carbonyl (C=O) groups is 1. The number of hydrogen-bond donors (Lipinski definition) is 0. The third-order valence-corrected chi connectivity index (χ3v) is 3.75. The molecule has 2 nitrogen and oxygen atoms in total. The van der Waals surface area contributed by atoms with E-state index in [1.807, 2.05) is 41.3 Å². The highest BCUT2D eigenvalue weighted by Gasteiger charge is 2.29. The monoisotopic (exact) mass is 275 g/mol. The lowest BCUT2D eigenvalue weighted by molar-refractivity contribution is -0.126. The smallest absolute Gasteiger partial charge is 0.247 e. The Morgan fingerprint density at radius 1 is 0.952 bits per heavy atom. The Balaban J connectivity index is 2.02. The van der Waals surface area contributed by atoms with Gasteiger partial charge in [0.1, 0.15) is 0 Å². The van der Waals surface area contributed by atoms with Crippen LogP contribution in [0.1, 0.15) is 17.2 Å². The van der Waals surface area contributed by atoms with Crippen molar-refractivity contribution in [2.24, 2.45) is 0 Å². The molecule has 0 aliphatic carbocycles. The number of benzene rings is 2. The van der Waals surface area contributed by atoms with E-state index >= 15 is 0 Å². The summed E-state index contributed by atoms with van der Waals surface area (Å²) in [5.41, 5.74) is 3.21. The van der Waals surface area contributed by atoms with Crippen molar-refractivity contribution < 1.29 is 4.79 Å². The first-order valence-corrected chi connectivity index (χ1v) is 7.03. The molecule has 0 unspecified atom stereocenters. The van der Waals surface area contributed by atoms with Gasteiger partial charge in [-0.1, -0.05) is 73.3 Å². The van der Waals surface area contributed by atoms with E-state index in [-0.39, 0.29) is 11.9 Å². The molecular weight excluding hydrogens is 258 g/mol. The summed E-state index contributed by atoms with van der Waals surface area (Å²) in [4.78, 5) is 14.2. The van der Waals surface area contributed by atoms with Crippen molar-refractivity contribution in [2.75, 3.05) is 6.54 Å². The zero-order valence-corrected chi connectivity index (χ0v) is 11.8. The predicted octanol–water partition coefficient (Wildman–Crippen LogP) is 3.73. The van der Waals surface area contributed by atoms with Crippen LogP contribution < -0.4 is 0 Å². The van der Waals surface area contributed by atoms with Crippen molar-refractivity contribution in [3.05, 3.63) is 96.1 Å². The molecular formula is C19H17NO. The second kappa shape index (κ2) is 5.80. The highest BCUT2D eigenvalue weighted by atomic mass is 16.2. The average Bonchev–Trinajstić information content (AvgIpc) is 2.91. The Morgan fingerprint density at radius 3 is 1.90 bits per heavy atom. The summed E-state index contributed by atoms with van der Waals surface area (Å²) in [7, 11) is 0. The van der Waals surface area contributed by atoms with Gasteiger partial charge in [0, 0.05) is 12.6 Å². The number of amides is 1. The van der Waals surface area contributed by atoms with Crippen LogP contribution in [0.4, 0.5) is 0 Å². The molecule has 0 bridgehead atoms. The van der Waals surface area contributed by atoms with E-state index in [1.54, 1.807) is 12.2 Å².